The van der Waals surface area contributed by atoms with Crippen molar-refractivity contribution in [3.63, 3.8) is 0 Å². The van der Waals surface area contributed by atoms with Gasteiger partial charge in [0.1, 0.15) is 6.54 Å². The van der Waals surface area contributed by atoms with E-state index in [0.717, 1.165) is 12.0 Å². The summed E-state index contributed by atoms with van der Waals surface area (Å²) in [4.78, 5) is 21.5. The number of hydrogen-bond acceptors (Lipinski definition) is 2. The number of pyridine rings is 1. The fraction of sp³-hybridized carbons (Fsp3) is 0.333. The molecule has 0 amide bonds. The van der Waals surface area contributed by atoms with Crippen molar-refractivity contribution < 1.29 is 9.90 Å². The van der Waals surface area contributed by atoms with Crippen LogP contribution in [-0.4, -0.2) is 15.6 Å². The fourth-order valence-electron chi connectivity index (χ4n) is 1.06. The van der Waals surface area contributed by atoms with E-state index < -0.39 is 5.97 Å². The summed E-state index contributed by atoms with van der Waals surface area (Å²) < 4.78 is 1.20. The minimum absolute atomic E-state index is 0.271. The van der Waals surface area contributed by atoms with Crippen LogP contribution in [-0.2, 0) is 17.8 Å². The zero-order valence-electron chi connectivity index (χ0n) is 7.36. The van der Waals surface area contributed by atoms with Crippen LogP contribution in [0.1, 0.15) is 12.5 Å². The molecule has 0 fully saturated rings. The molecule has 1 heterocycles. The second-order valence-corrected chi connectivity index (χ2v) is 2.75. The molecule has 0 radical (unpaired) electrons. The van der Waals surface area contributed by atoms with Crippen molar-refractivity contribution in [1.82, 2.24) is 4.57 Å². The third kappa shape index (κ3) is 2.43. The Morgan fingerprint density at radius 1 is 1.54 bits per heavy atom. The van der Waals surface area contributed by atoms with E-state index in [1.807, 2.05) is 6.92 Å². The van der Waals surface area contributed by atoms with Crippen LogP contribution < -0.4 is 5.56 Å². The molecule has 4 heteroatoms. The molecule has 0 unspecified atom stereocenters. The minimum Gasteiger partial charge on any atom is -0.480 e. The van der Waals surface area contributed by atoms with Crippen LogP contribution in [0.25, 0.3) is 0 Å². The van der Waals surface area contributed by atoms with Crippen LogP contribution in [0, 0.1) is 0 Å². The van der Waals surface area contributed by atoms with Crippen molar-refractivity contribution in [3.8, 4) is 0 Å². The molecular formula is C9H11NO3. The van der Waals surface area contributed by atoms with E-state index in [1.54, 1.807) is 12.3 Å². The molecule has 0 spiro atoms. The van der Waals surface area contributed by atoms with Gasteiger partial charge < -0.3 is 9.67 Å². The van der Waals surface area contributed by atoms with E-state index in [2.05, 4.69) is 0 Å². The highest BCUT2D eigenvalue weighted by Crippen LogP contribution is 1.95. The summed E-state index contributed by atoms with van der Waals surface area (Å²) in [6, 6.07) is 3.10. The van der Waals surface area contributed by atoms with E-state index in [9.17, 15) is 9.59 Å². The predicted molar refractivity (Wildman–Crippen MR) is 47.7 cm³/mol. The first kappa shape index (κ1) is 9.51. The third-order valence-corrected chi connectivity index (χ3v) is 1.76. The summed E-state index contributed by atoms with van der Waals surface area (Å²) in [7, 11) is 0. The lowest BCUT2D eigenvalue weighted by molar-refractivity contribution is -0.137. The first-order valence-corrected chi connectivity index (χ1v) is 4.04. The Balaban J connectivity index is 3.04. The molecule has 0 bridgehead atoms. The molecule has 1 N–H and O–H groups in total. The number of rotatable bonds is 3. The Bertz CT molecular complexity index is 367. The van der Waals surface area contributed by atoms with Crippen LogP contribution in [0.2, 0.25) is 0 Å². The number of aromatic nitrogens is 1. The highest BCUT2D eigenvalue weighted by atomic mass is 16.4. The van der Waals surface area contributed by atoms with Crippen LogP contribution >= 0.6 is 0 Å². The van der Waals surface area contributed by atoms with Gasteiger partial charge in [-0.2, -0.15) is 0 Å². The number of hydrogen-bond donors (Lipinski definition) is 1. The lowest BCUT2D eigenvalue weighted by atomic mass is 10.2. The topological polar surface area (TPSA) is 59.3 Å². The van der Waals surface area contributed by atoms with Gasteiger partial charge in [-0.1, -0.05) is 13.0 Å². The molecule has 1 rings (SSSR count). The molecule has 1 aromatic rings. The summed E-state index contributed by atoms with van der Waals surface area (Å²) in [5.41, 5.74) is 0.681. The van der Waals surface area contributed by atoms with E-state index in [1.165, 1.54) is 10.6 Å². The van der Waals surface area contributed by atoms with Gasteiger partial charge in [0.2, 0.25) is 0 Å². The van der Waals surface area contributed by atoms with Crippen molar-refractivity contribution in [1.29, 1.82) is 0 Å². The largest absolute Gasteiger partial charge is 0.480 e. The average Bonchev–Trinajstić information content (AvgIpc) is 2.08. The van der Waals surface area contributed by atoms with Crippen molar-refractivity contribution in [2.45, 2.75) is 19.9 Å². The Labute approximate surface area is 75.4 Å². The SMILES string of the molecule is CCc1ccc(=O)n(CC(=O)O)c1. The Morgan fingerprint density at radius 2 is 2.23 bits per heavy atom. The van der Waals surface area contributed by atoms with Crippen LogP contribution in [0.3, 0.4) is 0 Å². The van der Waals surface area contributed by atoms with Crippen LogP contribution in [0.4, 0.5) is 0 Å². The number of carboxylic acids is 1. The van der Waals surface area contributed by atoms with Gasteiger partial charge in [-0.3, -0.25) is 9.59 Å². The molecule has 1 aromatic heterocycles. The summed E-state index contributed by atoms with van der Waals surface area (Å²) >= 11 is 0. The molecule has 0 aliphatic rings. The highest BCUT2D eigenvalue weighted by Gasteiger charge is 2.01. The number of carboxylic acid groups (broad SMARTS) is 1. The fourth-order valence-corrected chi connectivity index (χ4v) is 1.06. The highest BCUT2D eigenvalue weighted by molar-refractivity contribution is 5.66. The van der Waals surface area contributed by atoms with Crippen LogP contribution in [0.5, 0.6) is 0 Å². The van der Waals surface area contributed by atoms with Gasteiger partial charge in [-0.05, 0) is 12.0 Å². The summed E-state index contributed by atoms with van der Waals surface area (Å²) in [6.07, 6.45) is 2.37. The maximum Gasteiger partial charge on any atom is 0.323 e. The quantitative estimate of drug-likeness (QED) is 0.738. The minimum atomic E-state index is -1.00. The molecular weight excluding hydrogens is 170 g/mol. The third-order valence-electron chi connectivity index (χ3n) is 1.76. The lowest BCUT2D eigenvalue weighted by Crippen LogP contribution is -2.23. The second-order valence-electron chi connectivity index (χ2n) is 2.75. The Morgan fingerprint density at radius 3 is 2.77 bits per heavy atom. The van der Waals surface area contributed by atoms with E-state index in [4.69, 9.17) is 5.11 Å². The zero-order chi connectivity index (χ0) is 9.84. The lowest BCUT2D eigenvalue weighted by Gasteiger charge is -2.03. The molecule has 13 heavy (non-hydrogen) atoms. The predicted octanol–water partition coefficient (Wildman–Crippen LogP) is 0.495. The van der Waals surface area contributed by atoms with Gasteiger partial charge >= 0.3 is 5.97 Å². The summed E-state index contributed by atoms with van der Waals surface area (Å²) in [5.74, 6) is -1.00. The Kier molecular flexibility index (Phi) is 2.84. The molecule has 4 nitrogen and oxygen atoms in total. The zero-order valence-corrected chi connectivity index (χ0v) is 7.36. The van der Waals surface area contributed by atoms with Gasteiger partial charge in [-0.25, -0.2) is 0 Å². The van der Waals surface area contributed by atoms with Crippen LogP contribution in [0.15, 0.2) is 23.1 Å². The van der Waals surface area contributed by atoms with E-state index in [-0.39, 0.29) is 12.1 Å². The first-order valence-electron chi connectivity index (χ1n) is 4.04. The van der Waals surface area contributed by atoms with Crippen molar-refractivity contribution in [2.75, 3.05) is 0 Å². The maximum atomic E-state index is 11.1. The average molecular weight is 181 g/mol. The van der Waals surface area contributed by atoms with Gasteiger partial charge in [-0.15, -0.1) is 0 Å². The summed E-state index contributed by atoms with van der Waals surface area (Å²) in [6.45, 7) is 1.68. The number of aliphatic carboxylic acids is 1. The first-order chi connectivity index (χ1) is 6.13. The number of carbonyl (C=O) groups is 1. The molecule has 0 aliphatic heterocycles. The van der Waals surface area contributed by atoms with Crippen molar-refractivity contribution in [3.05, 3.63) is 34.2 Å². The van der Waals surface area contributed by atoms with E-state index >= 15 is 0 Å². The number of nitrogens with zero attached hydrogens (tertiary/aromatic N) is 1. The van der Waals surface area contributed by atoms with Gasteiger partial charge in [0.15, 0.2) is 0 Å². The smallest absolute Gasteiger partial charge is 0.323 e. The van der Waals surface area contributed by atoms with Crippen molar-refractivity contribution >= 4 is 5.97 Å². The maximum absolute atomic E-state index is 11.1. The second kappa shape index (κ2) is 3.89. The monoisotopic (exact) mass is 181 g/mol. The van der Waals surface area contributed by atoms with Gasteiger partial charge in [0.25, 0.3) is 5.56 Å². The van der Waals surface area contributed by atoms with Gasteiger partial charge in [0.05, 0.1) is 0 Å². The molecule has 0 saturated heterocycles. The Hall–Kier alpha value is -1.58. The molecule has 0 aliphatic carbocycles. The van der Waals surface area contributed by atoms with Gasteiger partial charge in [0, 0.05) is 12.3 Å². The molecule has 0 saturated carbocycles. The summed E-state index contributed by atoms with van der Waals surface area (Å²) in [5, 5.41) is 8.50. The van der Waals surface area contributed by atoms with Crippen molar-refractivity contribution in [2.24, 2.45) is 0 Å². The number of aryl methyl sites for hydroxylation is 1. The standard InChI is InChI=1S/C9H11NO3/c1-2-7-3-4-8(11)10(5-7)6-9(12)13/h3-5H,2,6H2,1H3,(H,12,13). The molecule has 0 atom stereocenters. The normalized spacial score (nSPS) is 9.92. The van der Waals surface area contributed by atoms with E-state index in [0.29, 0.717) is 0 Å². The molecule has 0 aromatic carbocycles. The molecule has 70 valence electrons.